The molecule has 0 aromatic heterocycles. The summed E-state index contributed by atoms with van der Waals surface area (Å²) in [5.74, 6) is 0.931. The summed E-state index contributed by atoms with van der Waals surface area (Å²) in [5, 5.41) is 0.471. The smallest absolute Gasteiger partial charge is 0.000630 e. The molecule has 0 amide bonds. The van der Waals surface area contributed by atoms with Gasteiger partial charge in [0.15, 0.2) is 0 Å². The molecule has 0 radical (unpaired) electrons. The van der Waals surface area contributed by atoms with Gasteiger partial charge in [0, 0.05) is 0 Å². The molecule has 2 heteroatoms. The maximum atomic E-state index is 4.44. The van der Waals surface area contributed by atoms with Gasteiger partial charge in [-0.05, 0) is 28.3 Å². The van der Waals surface area contributed by atoms with Crippen molar-refractivity contribution >= 4 is 25.3 Å². The quantitative estimate of drug-likeness (QED) is 0.644. The Hall–Kier alpha value is 0.700. The molecule has 0 aromatic rings. The maximum Gasteiger partial charge on any atom is -0.000630 e. The van der Waals surface area contributed by atoms with Gasteiger partial charge in [0.1, 0.15) is 0 Å². The molecular formula is C10H22S2. The molecule has 74 valence electrons. The van der Waals surface area contributed by atoms with E-state index in [2.05, 4.69) is 59.9 Å². The average molecular weight is 206 g/mol. The highest BCUT2D eigenvalue weighted by atomic mass is 32.1. The van der Waals surface area contributed by atoms with Crippen molar-refractivity contribution < 1.29 is 0 Å². The number of hydrogen-bond donors (Lipinski definition) is 2. The van der Waals surface area contributed by atoms with E-state index in [1.807, 2.05) is 0 Å². The molecule has 0 fully saturated rings. The van der Waals surface area contributed by atoms with Gasteiger partial charge in [-0.15, -0.1) is 0 Å². The van der Waals surface area contributed by atoms with Gasteiger partial charge in [-0.2, -0.15) is 25.3 Å². The summed E-state index contributed by atoms with van der Waals surface area (Å²) < 4.78 is 0. The predicted molar refractivity (Wildman–Crippen MR) is 64.5 cm³/mol. The highest BCUT2D eigenvalue weighted by Crippen LogP contribution is 2.43. The lowest BCUT2D eigenvalue weighted by molar-refractivity contribution is 0.126. The van der Waals surface area contributed by atoms with Crippen LogP contribution in [-0.4, -0.2) is 11.0 Å². The van der Waals surface area contributed by atoms with E-state index in [1.54, 1.807) is 0 Å². The van der Waals surface area contributed by atoms with Crippen LogP contribution < -0.4 is 0 Å². The second-order valence-electron chi connectivity index (χ2n) is 4.98. The molecule has 0 saturated heterocycles. The summed E-state index contributed by atoms with van der Waals surface area (Å²) in [6.45, 7) is 11.3. The summed E-state index contributed by atoms with van der Waals surface area (Å²) in [5.41, 5.74) is 0.600. The topological polar surface area (TPSA) is 0 Å². The summed E-state index contributed by atoms with van der Waals surface area (Å²) in [6, 6.07) is 0. The van der Waals surface area contributed by atoms with Gasteiger partial charge >= 0.3 is 0 Å². The van der Waals surface area contributed by atoms with Gasteiger partial charge in [-0.1, -0.05) is 34.6 Å². The molecule has 0 bridgehead atoms. The van der Waals surface area contributed by atoms with Crippen LogP contribution in [0.4, 0.5) is 0 Å². The first-order chi connectivity index (χ1) is 5.23. The first-order valence-electron chi connectivity index (χ1n) is 4.52. The Balaban J connectivity index is 4.37. The molecule has 0 aromatic carbocycles. The van der Waals surface area contributed by atoms with Gasteiger partial charge in [0.05, 0.1) is 0 Å². The lowest BCUT2D eigenvalue weighted by atomic mass is 9.67. The van der Waals surface area contributed by atoms with Crippen LogP contribution in [0.25, 0.3) is 0 Å². The van der Waals surface area contributed by atoms with Crippen LogP contribution in [0.2, 0.25) is 0 Å². The summed E-state index contributed by atoms with van der Waals surface area (Å²) in [4.78, 5) is 0. The van der Waals surface area contributed by atoms with E-state index in [0.717, 1.165) is 12.2 Å². The molecule has 0 N–H and O–H groups in total. The monoisotopic (exact) mass is 206 g/mol. The van der Waals surface area contributed by atoms with Gasteiger partial charge in [-0.25, -0.2) is 0 Å². The third-order valence-corrected chi connectivity index (χ3v) is 4.01. The van der Waals surface area contributed by atoms with E-state index in [-0.39, 0.29) is 5.41 Å². The Bertz CT molecular complexity index is 137. The highest BCUT2D eigenvalue weighted by Gasteiger charge is 2.36. The maximum absolute atomic E-state index is 4.44. The molecule has 0 nitrogen and oxygen atoms in total. The minimum atomic E-state index is 0.285. The van der Waals surface area contributed by atoms with Crippen molar-refractivity contribution in [1.29, 1.82) is 0 Å². The molecule has 0 spiro atoms. The van der Waals surface area contributed by atoms with E-state index in [1.165, 1.54) is 0 Å². The van der Waals surface area contributed by atoms with Crippen LogP contribution in [0, 0.1) is 10.8 Å². The van der Waals surface area contributed by atoms with E-state index in [4.69, 9.17) is 0 Å². The molecule has 0 aliphatic heterocycles. The van der Waals surface area contributed by atoms with E-state index < -0.39 is 0 Å². The van der Waals surface area contributed by atoms with Crippen molar-refractivity contribution in [3.8, 4) is 0 Å². The lowest BCUT2D eigenvalue weighted by Crippen LogP contribution is -2.35. The number of rotatable bonds is 4. The Morgan fingerprint density at radius 1 is 1.08 bits per heavy atom. The van der Waals surface area contributed by atoms with Gasteiger partial charge in [0.25, 0.3) is 0 Å². The van der Waals surface area contributed by atoms with Crippen LogP contribution in [0.5, 0.6) is 0 Å². The van der Waals surface area contributed by atoms with Crippen molar-refractivity contribution in [2.75, 3.05) is 5.75 Å². The molecule has 0 aliphatic rings. The summed E-state index contributed by atoms with van der Waals surface area (Å²) >= 11 is 8.83. The third-order valence-electron chi connectivity index (χ3n) is 3.03. The Labute approximate surface area is 88.3 Å². The normalized spacial score (nSPS) is 16.2. The second kappa shape index (κ2) is 4.28. The van der Waals surface area contributed by atoms with Crippen LogP contribution in [0.3, 0.4) is 0 Å². The second-order valence-corrected chi connectivity index (χ2v) is 6.18. The van der Waals surface area contributed by atoms with Crippen LogP contribution in [0.15, 0.2) is 0 Å². The van der Waals surface area contributed by atoms with Crippen molar-refractivity contribution in [2.24, 2.45) is 10.8 Å². The first-order valence-corrected chi connectivity index (χ1v) is 5.67. The molecule has 0 aliphatic carbocycles. The van der Waals surface area contributed by atoms with Crippen LogP contribution >= 0.6 is 25.3 Å². The fraction of sp³-hybridized carbons (Fsp3) is 1.00. The minimum absolute atomic E-state index is 0.285. The zero-order valence-corrected chi connectivity index (χ0v) is 10.7. The van der Waals surface area contributed by atoms with Crippen LogP contribution in [0.1, 0.15) is 41.0 Å². The zero-order valence-electron chi connectivity index (χ0n) is 8.89. The number of thiol groups is 2. The Kier molecular flexibility index (Phi) is 4.53. The molecule has 0 rings (SSSR count). The van der Waals surface area contributed by atoms with Gasteiger partial charge in [0.2, 0.25) is 0 Å². The Morgan fingerprint density at radius 2 is 1.50 bits per heavy atom. The summed E-state index contributed by atoms with van der Waals surface area (Å²) in [6.07, 6.45) is 1.14. The third kappa shape index (κ3) is 3.21. The van der Waals surface area contributed by atoms with E-state index in [9.17, 15) is 0 Å². The van der Waals surface area contributed by atoms with Crippen molar-refractivity contribution in [3.63, 3.8) is 0 Å². The standard InChI is InChI=1S/C10H22S2/c1-8(12)6-9(2,3)10(4,5)7-11/h8,11-12H,6-7H2,1-5H3. The zero-order chi connectivity index (χ0) is 9.99. The number of hydrogen-bond acceptors (Lipinski definition) is 2. The fourth-order valence-electron chi connectivity index (χ4n) is 1.23. The van der Waals surface area contributed by atoms with Crippen molar-refractivity contribution in [2.45, 2.75) is 46.3 Å². The first kappa shape index (κ1) is 12.7. The van der Waals surface area contributed by atoms with Crippen LogP contribution in [-0.2, 0) is 0 Å². The average Bonchev–Trinajstić information content (AvgIpc) is 1.84. The largest absolute Gasteiger partial charge is 0.179 e. The van der Waals surface area contributed by atoms with E-state index in [0.29, 0.717) is 10.7 Å². The van der Waals surface area contributed by atoms with Gasteiger partial charge in [-0.3, -0.25) is 0 Å². The predicted octanol–water partition coefficient (Wildman–Crippen LogP) is 3.68. The van der Waals surface area contributed by atoms with E-state index >= 15 is 0 Å². The molecule has 0 saturated carbocycles. The molecule has 1 unspecified atom stereocenters. The highest BCUT2D eigenvalue weighted by molar-refractivity contribution is 7.81. The lowest BCUT2D eigenvalue weighted by Gasteiger charge is -2.42. The van der Waals surface area contributed by atoms with Crippen molar-refractivity contribution in [1.82, 2.24) is 0 Å². The molecule has 12 heavy (non-hydrogen) atoms. The minimum Gasteiger partial charge on any atom is -0.179 e. The molecule has 0 heterocycles. The Morgan fingerprint density at radius 3 is 1.75 bits per heavy atom. The molecular weight excluding hydrogens is 184 g/mol. The molecule has 1 atom stereocenters. The summed E-state index contributed by atoms with van der Waals surface area (Å²) in [7, 11) is 0. The van der Waals surface area contributed by atoms with Gasteiger partial charge < -0.3 is 0 Å². The fourth-order valence-corrected chi connectivity index (χ4v) is 2.11. The SMILES string of the molecule is CC(S)CC(C)(C)C(C)(C)CS. The van der Waals surface area contributed by atoms with Crippen molar-refractivity contribution in [3.05, 3.63) is 0 Å².